The van der Waals surface area contributed by atoms with Crippen molar-refractivity contribution >= 4 is 44.7 Å². The molecule has 7 rings (SSSR count). The van der Waals surface area contributed by atoms with Crippen molar-refractivity contribution in [2.45, 2.75) is 120 Å². The van der Waals surface area contributed by atoms with Crippen LogP contribution in [0.3, 0.4) is 0 Å². The molecule has 1 aromatic carbocycles. The average molecular weight is 766 g/mol. The first kappa shape index (κ1) is 37.9. The van der Waals surface area contributed by atoms with E-state index in [1.807, 2.05) is 45.0 Å². The smallest absolute Gasteiger partial charge is 0.408 e. The Labute approximate surface area is 316 Å². The lowest BCUT2D eigenvalue weighted by atomic mass is 9.85. The first-order valence-electron chi connectivity index (χ1n) is 19.0. The Morgan fingerprint density at radius 3 is 2.56 bits per heavy atom. The van der Waals surface area contributed by atoms with Gasteiger partial charge < -0.3 is 29.7 Å². The summed E-state index contributed by atoms with van der Waals surface area (Å²) in [7, 11) is -2.30. The lowest BCUT2D eigenvalue weighted by molar-refractivity contribution is -0.142. The fourth-order valence-electron chi connectivity index (χ4n) is 7.80. The third kappa shape index (κ3) is 7.87. The second-order valence-corrected chi connectivity index (χ2v) is 18.6. The Morgan fingerprint density at radius 1 is 1.09 bits per heavy atom. The molecule has 5 aliphatic rings. The molecule has 4 fully saturated rings. The molecule has 3 N–H and O–H groups in total. The van der Waals surface area contributed by atoms with Crippen LogP contribution in [-0.4, -0.2) is 90.9 Å². The predicted molar refractivity (Wildman–Crippen MR) is 199 cm³/mol. The summed E-state index contributed by atoms with van der Waals surface area (Å²) in [6, 6.07) is 5.37. The molecule has 2 aliphatic heterocycles. The lowest BCUT2D eigenvalue weighted by Gasteiger charge is -2.35. The highest BCUT2D eigenvalue weighted by Crippen LogP contribution is 2.46. The van der Waals surface area contributed by atoms with E-state index in [2.05, 4.69) is 21.9 Å². The minimum atomic E-state index is -3.89. The van der Waals surface area contributed by atoms with Crippen LogP contribution in [0.5, 0.6) is 11.5 Å². The summed E-state index contributed by atoms with van der Waals surface area (Å²) in [5.74, 6) is -1.01. The number of aromatic nitrogens is 1. The monoisotopic (exact) mass is 765 g/mol. The number of alkyl carbamates (subject to hydrolysis) is 1. The van der Waals surface area contributed by atoms with Gasteiger partial charge in [0.2, 0.25) is 21.8 Å². The summed E-state index contributed by atoms with van der Waals surface area (Å²) >= 11 is 0. The van der Waals surface area contributed by atoms with E-state index in [0.717, 1.165) is 48.7 Å². The number of hydrogen-bond acceptors (Lipinski definition) is 10. The molecule has 0 unspecified atom stereocenters. The van der Waals surface area contributed by atoms with Crippen LogP contribution in [-0.2, 0) is 35.6 Å². The van der Waals surface area contributed by atoms with Crippen molar-refractivity contribution in [2.24, 2.45) is 17.3 Å². The summed E-state index contributed by atoms with van der Waals surface area (Å²) < 4.78 is 45.5. The van der Waals surface area contributed by atoms with E-state index >= 15 is 0 Å². The number of fused-ring (bicyclic) bond motifs is 5. The molecule has 4 amide bonds. The molecule has 0 spiro atoms. The van der Waals surface area contributed by atoms with Gasteiger partial charge in [-0.25, -0.2) is 18.2 Å². The maximum absolute atomic E-state index is 14.6. The molecule has 1 saturated heterocycles. The average Bonchev–Trinajstić information content (AvgIpc) is 4.04. The molecule has 3 heterocycles. The van der Waals surface area contributed by atoms with Crippen molar-refractivity contribution in [3.8, 4) is 11.5 Å². The first-order valence-corrected chi connectivity index (χ1v) is 20.6. The Bertz CT molecular complexity index is 1960. The standard InChI is InChI=1S/C39H51N5O9S/c1-6-24-20-39(24,36(47)43-54(49,50)27-13-14-27)42-34(45)30-19-26-21-44(30)35(46)33(38(2,3)4)41-37(48)53-31-17-22(31)10-8-7-9-11-29-32(52-26)18-23-16-25(51-5)12-15-28(23)40-29/h6,12,15-16,18,22,24,26-27,30-31,33H,1,7-11,13-14,17,19-21H2,2-5H3,(H,41,48)(H,42,45)(H,43,47)/t22-,24+,26+,30-,31-,33+,39+/m0/s1. The zero-order valence-corrected chi connectivity index (χ0v) is 32.2. The van der Waals surface area contributed by atoms with Crippen molar-refractivity contribution in [1.29, 1.82) is 0 Å². The molecule has 15 heteroatoms. The Morgan fingerprint density at radius 2 is 1.87 bits per heavy atom. The molecular formula is C39H51N5O9S. The number of rotatable bonds is 7. The van der Waals surface area contributed by atoms with Crippen LogP contribution in [0.25, 0.3) is 10.9 Å². The van der Waals surface area contributed by atoms with Gasteiger partial charge in [-0.3, -0.25) is 19.1 Å². The minimum absolute atomic E-state index is 0.000652. The fraction of sp³-hybridized carbons (Fsp3) is 0.615. The molecule has 2 aromatic rings. The topological polar surface area (TPSA) is 182 Å². The number of pyridine rings is 1. The van der Waals surface area contributed by atoms with Gasteiger partial charge in [0.1, 0.15) is 41.3 Å². The number of amides is 4. The highest BCUT2D eigenvalue weighted by molar-refractivity contribution is 7.91. The van der Waals surface area contributed by atoms with E-state index in [-0.39, 0.29) is 31.4 Å². The predicted octanol–water partition coefficient (Wildman–Crippen LogP) is 3.91. The number of sulfonamides is 1. The molecule has 1 aromatic heterocycles. The molecule has 14 nitrogen and oxygen atoms in total. The molecule has 3 aliphatic carbocycles. The number of methoxy groups -OCH3 is 1. The van der Waals surface area contributed by atoms with Crippen molar-refractivity contribution in [2.75, 3.05) is 13.7 Å². The second-order valence-electron chi connectivity index (χ2n) is 16.6. The molecule has 0 radical (unpaired) electrons. The number of benzene rings is 1. The highest BCUT2D eigenvalue weighted by atomic mass is 32.2. The fourth-order valence-corrected chi connectivity index (χ4v) is 9.17. The normalized spacial score (nSPS) is 30.3. The van der Waals surface area contributed by atoms with Crippen LogP contribution in [0.1, 0.15) is 84.3 Å². The molecule has 292 valence electrons. The number of hydrogen-bond donors (Lipinski definition) is 3. The van der Waals surface area contributed by atoms with Crippen molar-refractivity contribution in [1.82, 2.24) is 25.2 Å². The summed E-state index contributed by atoms with van der Waals surface area (Å²) in [5, 5.41) is 5.81. The highest BCUT2D eigenvalue weighted by Gasteiger charge is 2.62. The van der Waals surface area contributed by atoms with Crippen molar-refractivity contribution in [3.63, 3.8) is 0 Å². The first-order chi connectivity index (χ1) is 25.6. The molecule has 54 heavy (non-hydrogen) atoms. The van der Waals surface area contributed by atoms with Gasteiger partial charge >= 0.3 is 6.09 Å². The maximum Gasteiger partial charge on any atom is 0.408 e. The Kier molecular flexibility index (Phi) is 10.1. The van der Waals surface area contributed by atoms with E-state index in [9.17, 15) is 27.6 Å². The summed E-state index contributed by atoms with van der Waals surface area (Å²) in [4.78, 5) is 62.1. The van der Waals surface area contributed by atoms with Crippen LogP contribution in [0.2, 0.25) is 0 Å². The van der Waals surface area contributed by atoms with Crippen LogP contribution in [0.15, 0.2) is 36.9 Å². The molecule has 2 bridgehead atoms. The number of nitrogens with one attached hydrogen (secondary N) is 3. The number of aryl methyl sites for hydroxylation is 1. The SMILES string of the molecule is C=C[C@@H]1C[C@]1(NC(=O)[C@@H]1C[C@@H]2CN1C(=O)[C@H](C(C)(C)C)NC(=O)O[C@H]1C[C@@H]1CCCCCc1nc3ccc(OC)cc3cc1O2)C(=O)NS(=O)(=O)C1CC1. The third-order valence-electron chi connectivity index (χ3n) is 11.4. The number of nitrogens with zero attached hydrogens (tertiary/aromatic N) is 2. The quantitative estimate of drug-likeness (QED) is 0.350. The zero-order valence-electron chi connectivity index (χ0n) is 31.4. The van der Waals surface area contributed by atoms with Gasteiger partial charge in [-0.05, 0) is 80.5 Å². The number of ether oxygens (including phenoxy) is 3. The van der Waals surface area contributed by atoms with Crippen LogP contribution >= 0.6 is 0 Å². The molecular weight excluding hydrogens is 715 g/mol. The van der Waals surface area contributed by atoms with Gasteiger partial charge in [0.25, 0.3) is 5.91 Å². The van der Waals surface area contributed by atoms with Crippen molar-refractivity contribution in [3.05, 3.63) is 42.6 Å². The van der Waals surface area contributed by atoms with Gasteiger partial charge in [0.05, 0.1) is 30.1 Å². The van der Waals surface area contributed by atoms with Crippen LogP contribution in [0.4, 0.5) is 4.79 Å². The van der Waals surface area contributed by atoms with Gasteiger partial charge in [0.15, 0.2) is 0 Å². The van der Waals surface area contributed by atoms with E-state index in [1.165, 1.54) is 11.0 Å². The van der Waals surface area contributed by atoms with Gasteiger partial charge in [-0.15, -0.1) is 6.58 Å². The summed E-state index contributed by atoms with van der Waals surface area (Å²) in [5.41, 5.74) is -0.763. The van der Waals surface area contributed by atoms with Gasteiger partial charge in [0, 0.05) is 17.7 Å². The number of carbonyl (C=O) groups is 4. The maximum atomic E-state index is 14.6. The molecule has 7 atom stereocenters. The van der Waals surface area contributed by atoms with Crippen LogP contribution < -0.4 is 24.8 Å². The second kappa shape index (κ2) is 14.3. The Hall–Kier alpha value is -4.40. The summed E-state index contributed by atoms with van der Waals surface area (Å²) in [6.07, 6.45) is 6.26. The molecule has 3 saturated carbocycles. The van der Waals surface area contributed by atoms with Crippen LogP contribution in [0, 0.1) is 17.3 Å². The van der Waals surface area contributed by atoms with Gasteiger partial charge in [-0.2, -0.15) is 0 Å². The minimum Gasteiger partial charge on any atom is -0.497 e. The summed E-state index contributed by atoms with van der Waals surface area (Å²) in [6.45, 7) is 9.25. The van der Waals surface area contributed by atoms with E-state index < -0.39 is 74.1 Å². The lowest BCUT2D eigenvalue weighted by Crippen LogP contribution is -2.60. The van der Waals surface area contributed by atoms with E-state index in [4.69, 9.17) is 19.2 Å². The zero-order chi connectivity index (χ0) is 38.6. The Balaban J connectivity index is 1.22. The third-order valence-corrected chi connectivity index (χ3v) is 13.3. The largest absolute Gasteiger partial charge is 0.497 e. The van der Waals surface area contributed by atoms with E-state index in [0.29, 0.717) is 30.8 Å². The van der Waals surface area contributed by atoms with Gasteiger partial charge in [-0.1, -0.05) is 39.7 Å². The van der Waals surface area contributed by atoms with E-state index in [1.54, 1.807) is 7.11 Å². The number of carbonyl (C=O) groups excluding carboxylic acids is 4. The van der Waals surface area contributed by atoms with Crippen molar-refractivity contribution < 1.29 is 41.8 Å².